The van der Waals surface area contributed by atoms with Crippen LogP contribution in [0.1, 0.15) is 31.2 Å². The number of benzene rings is 1. The van der Waals surface area contributed by atoms with E-state index in [-0.39, 0.29) is 0 Å². The minimum absolute atomic E-state index is 0.316. The zero-order valence-corrected chi connectivity index (χ0v) is 18.5. The van der Waals surface area contributed by atoms with Crippen LogP contribution in [0.15, 0.2) is 41.7 Å². The first-order valence-electron chi connectivity index (χ1n) is 11.1. The van der Waals surface area contributed by atoms with E-state index < -0.39 is 0 Å². The van der Waals surface area contributed by atoms with Crippen molar-refractivity contribution < 1.29 is 9.47 Å². The molecule has 2 heterocycles. The molecule has 8 nitrogen and oxygen atoms in total. The van der Waals surface area contributed by atoms with Gasteiger partial charge in [0.05, 0.1) is 13.2 Å². The molecular formula is C23H32N6O2. The normalized spacial score (nSPS) is 17.7. The quantitative estimate of drug-likeness (QED) is 0.564. The third-order valence-electron chi connectivity index (χ3n) is 5.90. The van der Waals surface area contributed by atoms with Gasteiger partial charge in [0.15, 0.2) is 17.5 Å². The van der Waals surface area contributed by atoms with Crippen molar-refractivity contribution in [2.45, 2.75) is 38.3 Å². The number of piperazine rings is 1. The van der Waals surface area contributed by atoms with E-state index in [0.717, 1.165) is 68.0 Å². The third kappa shape index (κ3) is 5.37. The summed E-state index contributed by atoms with van der Waals surface area (Å²) in [5.74, 6) is 3.32. The Kier molecular flexibility index (Phi) is 7.07. The number of methoxy groups -OCH3 is 1. The molecule has 8 heteroatoms. The maximum atomic E-state index is 6.15. The van der Waals surface area contributed by atoms with Gasteiger partial charge in [0.1, 0.15) is 0 Å². The molecule has 166 valence electrons. The summed E-state index contributed by atoms with van der Waals surface area (Å²) in [5, 5.41) is 3.48. The van der Waals surface area contributed by atoms with Crippen molar-refractivity contribution in [2.24, 2.45) is 4.99 Å². The van der Waals surface area contributed by atoms with Gasteiger partial charge in [-0.2, -0.15) is 0 Å². The Bertz CT molecular complexity index is 862. The molecule has 4 rings (SSSR count). The number of rotatable bonds is 6. The Balaban J connectivity index is 1.31. The number of anilines is 1. The van der Waals surface area contributed by atoms with Crippen LogP contribution in [-0.4, -0.2) is 67.3 Å². The van der Waals surface area contributed by atoms with E-state index in [9.17, 15) is 0 Å². The monoisotopic (exact) mass is 424 g/mol. The number of aliphatic imine (C=N–C) groups is 1. The van der Waals surface area contributed by atoms with Gasteiger partial charge in [-0.25, -0.2) is 9.97 Å². The lowest BCUT2D eigenvalue weighted by Crippen LogP contribution is -2.52. The minimum Gasteiger partial charge on any atom is -0.493 e. The number of hydrogen-bond acceptors (Lipinski definition) is 6. The predicted molar refractivity (Wildman–Crippen MR) is 122 cm³/mol. The molecule has 0 spiro atoms. The highest BCUT2D eigenvalue weighted by Crippen LogP contribution is 2.32. The lowest BCUT2D eigenvalue weighted by molar-refractivity contribution is 0.200. The summed E-state index contributed by atoms with van der Waals surface area (Å²) in [7, 11) is 3.52. The molecule has 0 amide bonds. The van der Waals surface area contributed by atoms with Crippen LogP contribution in [-0.2, 0) is 6.54 Å². The molecule has 2 fully saturated rings. The van der Waals surface area contributed by atoms with Crippen molar-refractivity contribution in [3.8, 4) is 11.5 Å². The standard InChI is InChI=1S/C23H32N6O2/c1-24-22(28-12-14-29(15-13-28)23-25-10-5-11-26-23)27-17-18-8-9-20(21(16-18)30-2)31-19-6-3-4-7-19/h5,8-11,16,19H,3-4,6-7,12-15,17H2,1-2H3,(H,24,27). The second-order valence-corrected chi connectivity index (χ2v) is 7.93. The van der Waals surface area contributed by atoms with Crippen molar-refractivity contribution in [3.63, 3.8) is 0 Å². The maximum Gasteiger partial charge on any atom is 0.225 e. The van der Waals surface area contributed by atoms with Gasteiger partial charge in [-0.3, -0.25) is 4.99 Å². The first kappa shape index (κ1) is 21.2. The molecule has 2 aromatic rings. The van der Waals surface area contributed by atoms with Crippen LogP contribution in [0.5, 0.6) is 11.5 Å². The largest absolute Gasteiger partial charge is 0.493 e. The van der Waals surface area contributed by atoms with Crippen LogP contribution in [0, 0.1) is 0 Å². The van der Waals surface area contributed by atoms with Gasteiger partial charge >= 0.3 is 0 Å². The maximum absolute atomic E-state index is 6.15. The van der Waals surface area contributed by atoms with E-state index in [0.29, 0.717) is 12.6 Å². The van der Waals surface area contributed by atoms with Crippen LogP contribution in [0.25, 0.3) is 0 Å². The predicted octanol–water partition coefficient (Wildman–Crippen LogP) is 2.70. The number of aromatic nitrogens is 2. The Morgan fingerprint density at radius 1 is 1.10 bits per heavy atom. The van der Waals surface area contributed by atoms with E-state index in [1.807, 2.05) is 19.2 Å². The van der Waals surface area contributed by atoms with Crippen molar-refractivity contribution in [1.82, 2.24) is 20.2 Å². The first-order valence-corrected chi connectivity index (χ1v) is 11.1. The number of nitrogens with zero attached hydrogens (tertiary/aromatic N) is 5. The number of guanidine groups is 1. The van der Waals surface area contributed by atoms with Crippen LogP contribution in [0.2, 0.25) is 0 Å². The van der Waals surface area contributed by atoms with Crippen molar-refractivity contribution >= 4 is 11.9 Å². The van der Waals surface area contributed by atoms with E-state index in [1.165, 1.54) is 12.8 Å². The summed E-state index contributed by atoms with van der Waals surface area (Å²) in [4.78, 5) is 17.7. The highest BCUT2D eigenvalue weighted by molar-refractivity contribution is 5.80. The highest BCUT2D eigenvalue weighted by atomic mass is 16.5. The minimum atomic E-state index is 0.316. The summed E-state index contributed by atoms with van der Waals surface area (Å²) in [5.41, 5.74) is 1.13. The molecule has 0 radical (unpaired) electrons. The van der Waals surface area contributed by atoms with Gasteiger partial charge < -0.3 is 24.6 Å². The molecule has 1 N–H and O–H groups in total. The van der Waals surface area contributed by atoms with E-state index in [2.05, 4.69) is 42.2 Å². The smallest absolute Gasteiger partial charge is 0.225 e. The SMILES string of the molecule is CN=C(NCc1ccc(OC2CCCC2)c(OC)c1)N1CCN(c2ncccn2)CC1. The molecule has 1 aromatic carbocycles. The Morgan fingerprint density at radius 3 is 2.52 bits per heavy atom. The second kappa shape index (κ2) is 10.3. The van der Waals surface area contributed by atoms with Crippen LogP contribution in [0.4, 0.5) is 5.95 Å². The number of nitrogens with one attached hydrogen (secondary N) is 1. The van der Waals surface area contributed by atoms with Gasteiger partial charge in [-0.1, -0.05) is 6.07 Å². The van der Waals surface area contributed by atoms with Crippen molar-refractivity contribution in [3.05, 3.63) is 42.2 Å². The fraction of sp³-hybridized carbons (Fsp3) is 0.522. The van der Waals surface area contributed by atoms with Crippen LogP contribution in [0.3, 0.4) is 0 Å². The molecule has 1 saturated carbocycles. The van der Waals surface area contributed by atoms with Crippen molar-refractivity contribution in [2.75, 3.05) is 45.2 Å². The first-order chi connectivity index (χ1) is 15.3. The zero-order valence-electron chi connectivity index (χ0n) is 18.5. The van der Waals surface area contributed by atoms with E-state index in [1.54, 1.807) is 19.5 Å². The van der Waals surface area contributed by atoms with Gasteiger partial charge in [0, 0.05) is 52.2 Å². The van der Waals surface area contributed by atoms with Gasteiger partial charge in [0.25, 0.3) is 0 Å². The van der Waals surface area contributed by atoms with Gasteiger partial charge in [-0.15, -0.1) is 0 Å². The van der Waals surface area contributed by atoms with E-state index >= 15 is 0 Å². The third-order valence-corrected chi connectivity index (χ3v) is 5.90. The highest BCUT2D eigenvalue weighted by Gasteiger charge is 2.21. The summed E-state index contributed by atoms with van der Waals surface area (Å²) < 4.78 is 11.7. The van der Waals surface area contributed by atoms with Crippen LogP contribution < -0.4 is 19.7 Å². The van der Waals surface area contributed by atoms with Gasteiger partial charge in [-0.05, 0) is 49.4 Å². The second-order valence-electron chi connectivity index (χ2n) is 7.93. The number of ether oxygens (including phenoxy) is 2. The molecular weight excluding hydrogens is 392 g/mol. The molecule has 1 aliphatic heterocycles. The topological polar surface area (TPSA) is 75.1 Å². The summed E-state index contributed by atoms with van der Waals surface area (Å²) in [6.07, 6.45) is 8.65. The average molecular weight is 425 g/mol. The molecule has 1 aromatic heterocycles. The van der Waals surface area contributed by atoms with Gasteiger partial charge in [0.2, 0.25) is 5.95 Å². The fourth-order valence-electron chi connectivity index (χ4n) is 4.19. The molecule has 0 atom stereocenters. The molecule has 0 bridgehead atoms. The molecule has 2 aliphatic rings. The lowest BCUT2D eigenvalue weighted by atomic mass is 10.2. The Morgan fingerprint density at radius 2 is 1.84 bits per heavy atom. The summed E-state index contributed by atoms with van der Waals surface area (Å²) in [6.45, 7) is 4.15. The molecule has 0 unspecified atom stereocenters. The Hall–Kier alpha value is -3.03. The molecule has 31 heavy (non-hydrogen) atoms. The van der Waals surface area contributed by atoms with Crippen LogP contribution >= 0.6 is 0 Å². The van der Waals surface area contributed by atoms with Crippen molar-refractivity contribution in [1.29, 1.82) is 0 Å². The average Bonchev–Trinajstić information content (AvgIpc) is 3.34. The zero-order chi connectivity index (χ0) is 21.5. The van der Waals surface area contributed by atoms with E-state index in [4.69, 9.17) is 9.47 Å². The fourth-order valence-corrected chi connectivity index (χ4v) is 4.19. The molecule has 1 aliphatic carbocycles. The summed E-state index contributed by atoms with van der Waals surface area (Å²) in [6, 6.07) is 8.01. The lowest BCUT2D eigenvalue weighted by Gasteiger charge is -2.36. The summed E-state index contributed by atoms with van der Waals surface area (Å²) >= 11 is 0. The number of hydrogen-bond donors (Lipinski definition) is 1. The molecule has 1 saturated heterocycles. The Labute approximate surface area is 184 Å².